The lowest BCUT2D eigenvalue weighted by Crippen LogP contribution is -2.40. The summed E-state index contributed by atoms with van der Waals surface area (Å²) in [6, 6.07) is 10.6. The molecule has 3 rings (SSSR count). The first-order valence-corrected chi connectivity index (χ1v) is 7.31. The Labute approximate surface area is 125 Å². The van der Waals surface area contributed by atoms with Crippen molar-refractivity contribution in [1.29, 1.82) is 0 Å². The summed E-state index contributed by atoms with van der Waals surface area (Å²) in [6.45, 7) is 5.68. The quantitative estimate of drug-likeness (QED) is 0.680. The Morgan fingerprint density at radius 2 is 2.14 bits per heavy atom. The molecule has 4 heteroatoms. The summed E-state index contributed by atoms with van der Waals surface area (Å²) in [6.07, 6.45) is 1.07. The first-order chi connectivity index (χ1) is 10.2. The molecule has 1 aliphatic heterocycles. The molecule has 1 aromatic heterocycles. The highest BCUT2D eigenvalue weighted by atomic mass is 16.3. The molecule has 4 nitrogen and oxygen atoms in total. The molecule has 0 saturated heterocycles. The van der Waals surface area contributed by atoms with Crippen LogP contribution in [-0.4, -0.2) is 19.6 Å². The van der Waals surface area contributed by atoms with Gasteiger partial charge in [-0.25, -0.2) is 0 Å². The third-order valence-electron chi connectivity index (χ3n) is 3.94. The van der Waals surface area contributed by atoms with Crippen molar-refractivity contribution in [3.8, 4) is 0 Å². The molecule has 0 saturated carbocycles. The summed E-state index contributed by atoms with van der Waals surface area (Å²) in [7, 11) is 1.83. The van der Waals surface area contributed by atoms with Gasteiger partial charge in [-0.05, 0) is 38.0 Å². The van der Waals surface area contributed by atoms with Gasteiger partial charge in [0, 0.05) is 31.4 Å². The van der Waals surface area contributed by atoms with E-state index in [-0.39, 0.29) is 0 Å². The fourth-order valence-corrected chi connectivity index (χ4v) is 2.89. The number of guanidine groups is 1. The van der Waals surface area contributed by atoms with E-state index in [1.807, 2.05) is 20.9 Å². The van der Waals surface area contributed by atoms with Gasteiger partial charge in [-0.15, -0.1) is 0 Å². The van der Waals surface area contributed by atoms with Gasteiger partial charge in [-0.1, -0.05) is 18.2 Å². The van der Waals surface area contributed by atoms with Gasteiger partial charge in [-0.3, -0.25) is 4.99 Å². The predicted molar refractivity (Wildman–Crippen MR) is 85.9 cm³/mol. The summed E-state index contributed by atoms with van der Waals surface area (Å²) >= 11 is 0. The minimum Gasteiger partial charge on any atom is -0.466 e. The Balaban J connectivity index is 1.74. The first kappa shape index (κ1) is 13.7. The lowest BCUT2D eigenvalue weighted by molar-refractivity contribution is 0.500. The van der Waals surface area contributed by atoms with E-state index >= 15 is 0 Å². The Kier molecular flexibility index (Phi) is 3.69. The van der Waals surface area contributed by atoms with Gasteiger partial charge in [0.2, 0.25) is 0 Å². The van der Waals surface area contributed by atoms with Crippen molar-refractivity contribution in [2.45, 2.75) is 26.8 Å². The van der Waals surface area contributed by atoms with E-state index in [0.717, 1.165) is 37.0 Å². The van der Waals surface area contributed by atoms with Crippen LogP contribution in [0.5, 0.6) is 0 Å². The molecule has 2 heterocycles. The molecule has 0 spiro atoms. The molecule has 0 unspecified atom stereocenters. The van der Waals surface area contributed by atoms with Crippen molar-refractivity contribution in [2.75, 3.05) is 18.5 Å². The van der Waals surface area contributed by atoms with E-state index in [0.29, 0.717) is 0 Å². The first-order valence-electron chi connectivity index (χ1n) is 7.31. The predicted octanol–water partition coefficient (Wildman–Crippen LogP) is 3.03. The Morgan fingerprint density at radius 1 is 1.33 bits per heavy atom. The van der Waals surface area contributed by atoms with Crippen LogP contribution in [0.4, 0.5) is 5.69 Å². The van der Waals surface area contributed by atoms with Crippen LogP contribution in [0.15, 0.2) is 39.7 Å². The number of nitrogens with zero attached hydrogens (tertiary/aromatic N) is 2. The normalized spacial score (nSPS) is 14.4. The lowest BCUT2D eigenvalue weighted by Gasteiger charge is -2.22. The van der Waals surface area contributed by atoms with E-state index in [4.69, 9.17) is 4.42 Å². The molecule has 2 aromatic rings. The van der Waals surface area contributed by atoms with Gasteiger partial charge < -0.3 is 14.6 Å². The summed E-state index contributed by atoms with van der Waals surface area (Å²) in [5.41, 5.74) is 3.82. The molecule has 0 radical (unpaired) electrons. The van der Waals surface area contributed by atoms with Gasteiger partial charge in [0.15, 0.2) is 5.96 Å². The van der Waals surface area contributed by atoms with Crippen LogP contribution in [0.25, 0.3) is 0 Å². The molecule has 21 heavy (non-hydrogen) atoms. The van der Waals surface area contributed by atoms with E-state index in [1.165, 1.54) is 16.8 Å². The van der Waals surface area contributed by atoms with Gasteiger partial charge in [0.1, 0.15) is 11.5 Å². The molecule has 0 aliphatic carbocycles. The van der Waals surface area contributed by atoms with Crippen LogP contribution in [0.1, 0.15) is 22.6 Å². The molecule has 1 N–H and O–H groups in total. The number of para-hydroxylation sites is 1. The zero-order valence-corrected chi connectivity index (χ0v) is 12.8. The number of hydrogen-bond acceptors (Lipinski definition) is 2. The molecule has 1 aliphatic rings. The Bertz CT molecular complexity index is 672. The molecular weight excluding hydrogens is 262 g/mol. The van der Waals surface area contributed by atoms with Crippen molar-refractivity contribution in [3.63, 3.8) is 0 Å². The largest absolute Gasteiger partial charge is 0.466 e. The Hall–Kier alpha value is -2.23. The van der Waals surface area contributed by atoms with Crippen molar-refractivity contribution in [2.24, 2.45) is 4.99 Å². The minimum absolute atomic E-state index is 0.731. The van der Waals surface area contributed by atoms with Crippen LogP contribution >= 0.6 is 0 Å². The van der Waals surface area contributed by atoms with Crippen molar-refractivity contribution in [3.05, 3.63) is 53.0 Å². The van der Waals surface area contributed by atoms with Crippen LogP contribution in [-0.2, 0) is 13.0 Å². The molecule has 0 atom stereocenters. The summed E-state index contributed by atoms with van der Waals surface area (Å²) in [5, 5.41) is 3.44. The highest BCUT2D eigenvalue weighted by Crippen LogP contribution is 2.27. The van der Waals surface area contributed by atoms with E-state index in [9.17, 15) is 0 Å². The van der Waals surface area contributed by atoms with Crippen LogP contribution in [0.2, 0.25) is 0 Å². The fourth-order valence-electron chi connectivity index (χ4n) is 2.89. The number of aliphatic imine (C=N–C) groups is 1. The Morgan fingerprint density at radius 3 is 2.86 bits per heavy atom. The van der Waals surface area contributed by atoms with Crippen molar-refractivity contribution in [1.82, 2.24) is 5.32 Å². The molecule has 0 fully saturated rings. The second-order valence-electron chi connectivity index (χ2n) is 5.37. The summed E-state index contributed by atoms with van der Waals surface area (Å²) in [5.74, 6) is 2.83. The van der Waals surface area contributed by atoms with Gasteiger partial charge >= 0.3 is 0 Å². The molecular formula is C17H21N3O. The lowest BCUT2D eigenvalue weighted by atomic mass is 10.2. The van der Waals surface area contributed by atoms with Crippen LogP contribution in [0.3, 0.4) is 0 Å². The maximum atomic E-state index is 5.57. The van der Waals surface area contributed by atoms with Gasteiger partial charge in [0.25, 0.3) is 0 Å². The summed E-state index contributed by atoms with van der Waals surface area (Å²) in [4.78, 5) is 6.67. The zero-order chi connectivity index (χ0) is 14.8. The van der Waals surface area contributed by atoms with Gasteiger partial charge in [0.05, 0.1) is 0 Å². The SMILES string of the molecule is CN=C(NCc1cc(C)oc1C)N1CCc2ccccc21. The smallest absolute Gasteiger partial charge is 0.198 e. The molecule has 0 bridgehead atoms. The van der Waals surface area contributed by atoms with E-state index in [2.05, 4.69) is 45.5 Å². The second kappa shape index (κ2) is 5.64. The third-order valence-corrected chi connectivity index (χ3v) is 3.94. The van der Waals surface area contributed by atoms with Gasteiger partial charge in [-0.2, -0.15) is 0 Å². The average molecular weight is 283 g/mol. The summed E-state index contributed by atoms with van der Waals surface area (Å²) < 4.78 is 5.57. The average Bonchev–Trinajstić information content (AvgIpc) is 3.04. The number of fused-ring (bicyclic) bond motifs is 1. The number of nitrogens with one attached hydrogen (secondary N) is 1. The van der Waals surface area contributed by atoms with Crippen molar-refractivity contribution < 1.29 is 4.42 Å². The van der Waals surface area contributed by atoms with Crippen molar-refractivity contribution >= 4 is 11.6 Å². The highest BCUT2D eigenvalue weighted by Gasteiger charge is 2.22. The second-order valence-corrected chi connectivity index (χ2v) is 5.37. The minimum atomic E-state index is 0.731. The monoisotopic (exact) mass is 283 g/mol. The fraction of sp³-hybridized carbons (Fsp3) is 0.353. The standard InChI is InChI=1S/C17H21N3O/c1-12-10-15(13(2)21-12)11-19-17(18-3)20-9-8-14-6-4-5-7-16(14)20/h4-7,10H,8-9,11H2,1-3H3,(H,18,19). The number of aryl methyl sites for hydroxylation is 2. The maximum Gasteiger partial charge on any atom is 0.198 e. The number of rotatable bonds is 2. The topological polar surface area (TPSA) is 40.8 Å². The number of anilines is 1. The number of hydrogen-bond donors (Lipinski definition) is 1. The van der Waals surface area contributed by atoms with E-state index in [1.54, 1.807) is 0 Å². The highest BCUT2D eigenvalue weighted by molar-refractivity contribution is 5.97. The zero-order valence-electron chi connectivity index (χ0n) is 12.8. The number of benzene rings is 1. The van der Waals surface area contributed by atoms with Crippen LogP contribution < -0.4 is 10.2 Å². The molecule has 110 valence electrons. The molecule has 0 amide bonds. The van der Waals surface area contributed by atoms with Crippen LogP contribution in [0, 0.1) is 13.8 Å². The van der Waals surface area contributed by atoms with E-state index < -0.39 is 0 Å². The number of furan rings is 1. The maximum absolute atomic E-state index is 5.57. The molecule has 1 aromatic carbocycles. The third kappa shape index (κ3) is 2.66.